The molecule has 0 saturated carbocycles. The number of esters is 1. The van der Waals surface area contributed by atoms with Gasteiger partial charge in [0.25, 0.3) is 0 Å². The number of para-hydroxylation sites is 1. The van der Waals surface area contributed by atoms with Crippen LogP contribution in [0, 0.1) is 0 Å². The molecule has 6 nitrogen and oxygen atoms in total. The van der Waals surface area contributed by atoms with Crippen molar-refractivity contribution >= 4 is 45.9 Å². The number of carbonyl (C=O) groups is 1. The summed E-state index contributed by atoms with van der Waals surface area (Å²) in [5.74, 6) is -0.271. The van der Waals surface area contributed by atoms with Crippen molar-refractivity contribution in [1.29, 1.82) is 0 Å². The minimum atomic E-state index is -4.11. The van der Waals surface area contributed by atoms with Crippen LogP contribution in [0.2, 0.25) is 0 Å². The van der Waals surface area contributed by atoms with E-state index in [0.717, 1.165) is 38.2 Å². The molecular weight excluding hydrogens is 379 g/mol. The summed E-state index contributed by atoms with van der Waals surface area (Å²) in [5.41, 5.74) is 0. The van der Waals surface area contributed by atoms with Crippen molar-refractivity contribution in [2.45, 2.75) is 58.0 Å². The van der Waals surface area contributed by atoms with E-state index in [-0.39, 0.29) is 48.0 Å². The van der Waals surface area contributed by atoms with Crippen LogP contribution in [0.1, 0.15) is 51.9 Å². The summed E-state index contributed by atoms with van der Waals surface area (Å²) in [6.45, 7) is 5.49. The fourth-order valence-corrected chi connectivity index (χ4v) is 3.08. The van der Waals surface area contributed by atoms with Crippen LogP contribution in [0.4, 0.5) is 0 Å². The van der Waals surface area contributed by atoms with E-state index in [1.807, 2.05) is 0 Å². The third-order valence-electron chi connectivity index (χ3n) is 3.67. The maximum atomic E-state index is 11.8. The molecule has 0 spiro atoms. The van der Waals surface area contributed by atoms with Crippen molar-refractivity contribution in [2.24, 2.45) is 0 Å². The first-order valence-corrected chi connectivity index (χ1v) is 10.3. The summed E-state index contributed by atoms with van der Waals surface area (Å²) in [6, 6.07) is 8.15. The zero-order valence-corrected chi connectivity index (χ0v) is 16.1. The maximum absolute atomic E-state index is 11.8. The monoisotopic (exact) mass is 408 g/mol. The molecule has 0 N–H and O–H groups in total. The molecule has 0 aliphatic rings. The molecule has 0 aromatic heterocycles. The summed E-state index contributed by atoms with van der Waals surface area (Å²) < 4.78 is 38.5. The van der Waals surface area contributed by atoms with Crippen LogP contribution in [0.3, 0.4) is 0 Å². The molecule has 1 rings (SSSR count). The van der Waals surface area contributed by atoms with Crippen LogP contribution in [0.25, 0.3) is 0 Å². The van der Waals surface area contributed by atoms with Crippen molar-refractivity contribution < 1.29 is 26.3 Å². The van der Waals surface area contributed by atoms with Gasteiger partial charge in [0, 0.05) is 6.08 Å². The zero-order valence-electron chi connectivity index (χ0n) is 15.3. The van der Waals surface area contributed by atoms with Gasteiger partial charge in [-0.05, 0) is 37.8 Å². The second-order valence-electron chi connectivity index (χ2n) is 5.88. The summed E-state index contributed by atoms with van der Waals surface area (Å²) in [4.78, 5) is 11.4. The first-order valence-electron chi connectivity index (χ1n) is 8.93. The van der Waals surface area contributed by atoms with Gasteiger partial charge in [-0.2, -0.15) is 8.42 Å². The van der Waals surface area contributed by atoms with E-state index >= 15 is 0 Å². The summed E-state index contributed by atoms with van der Waals surface area (Å²) in [5, 5.41) is 0. The fourth-order valence-electron chi connectivity index (χ4n) is 2.36. The van der Waals surface area contributed by atoms with E-state index in [9.17, 15) is 13.2 Å². The Labute approximate surface area is 184 Å². The number of ether oxygens (including phenoxy) is 1. The van der Waals surface area contributed by atoms with Gasteiger partial charge in [-0.1, -0.05) is 51.0 Å². The molecule has 148 valence electrons. The number of rotatable bonds is 14. The van der Waals surface area contributed by atoms with Crippen molar-refractivity contribution in [1.82, 2.24) is 0 Å². The van der Waals surface area contributed by atoms with Gasteiger partial charge in [0.2, 0.25) is 0 Å². The van der Waals surface area contributed by atoms with Gasteiger partial charge < -0.3 is 8.92 Å². The van der Waals surface area contributed by atoms with Crippen LogP contribution in [0.15, 0.2) is 43.0 Å². The minimum absolute atomic E-state index is 0. The molecule has 0 radical (unpaired) electrons. The number of benzene rings is 1. The summed E-state index contributed by atoms with van der Waals surface area (Å²) in [6.07, 6.45) is 6.87. The Hall–Kier alpha value is -0.860. The van der Waals surface area contributed by atoms with E-state index < -0.39 is 16.4 Å². The molecule has 27 heavy (non-hydrogen) atoms. The van der Waals surface area contributed by atoms with Crippen LogP contribution in [-0.2, 0) is 24.1 Å². The van der Waals surface area contributed by atoms with Crippen LogP contribution in [0.5, 0.6) is 5.75 Å². The first kappa shape index (κ1) is 26.1. The molecule has 8 heteroatoms. The molecular formula is C19H29NaO6S. The zero-order chi connectivity index (χ0) is 19.3. The third-order valence-corrected chi connectivity index (χ3v) is 4.52. The van der Waals surface area contributed by atoms with Crippen LogP contribution < -0.4 is 4.18 Å². The molecule has 1 aromatic rings. The predicted molar refractivity (Wildman–Crippen MR) is 107 cm³/mol. The normalized spacial score (nSPS) is 11.9. The Morgan fingerprint density at radius 2 is 1.78 bits per heavy atom. The number of hydrogen-bond acceptors (Lipinski definition) is 6. The Bertz CT molecular complexity index is 633. The third kappa shape index (κ3) is 13.0. The van der Waals surface area contributed by atoms with Gasteiger partial charge in [-0.15, -0.1) is 0 Å². The summed E-state index contributed by atoms with van der Waals surface area (Å²) >= 11 is 0. The van der Waals surface area contributed by atoms with E-state index in [1.54, 1.807) is 18.2 Å². The van der Waals surface area contributed by atoms with E-state index in [1.165, 1.54) is 12.1 Å². The average molecular weight is 408 g/mol. The molecule has 1 unspecified atom stereocenters. The molecule has 1 aromatic carbocycles. The molecule has 0 bridgehead atoms. The van der Waals surface area contributed by atoms with Crippen molar-refractivity contribution in [3.05, 3.63) is 43.0 Å². The molecule has 0 aliphatic carbocycles. The van der Waals surface area contributed by atoms with Crippen molar-refractivity contribution in [3.8, 4) is 5.75 Å². The van der Waals surface area contributed by atoms with Crippen molar-refractivity contribution in [3.63, 3.8) is 0 Å². The number of carbonyl (C=O) groups excluding carboxylic acids is 1. The van der Waals surface area contributed by atoms with Gasteiger partial charge in [0.15, 0.2) is 0 Å². The second-order valence-corrected chi connectivity index (χ2v) is 7.10. The van der Waals surface area contributed by atoms with Crippen LogP contribution >= 0.6 is 0 Å². The van der Waals surface area contributed by atoms with Crippen LogP contribution in [-0.4, -0.2) is 56.7 Å². The first-order chi connectivity index (χ1) is 12.5. The molecule has 0 fully saturated rings. The van der Waals surface area contributed by atoms with E-state index in [0.29, 0.717) is 12.8 Å². The SMILES string of the molecule is C=CC(=O)OC(CCCCCC)CCCOS(=O)(=O)Oc1ccccc1.[NaH]. The van der Waals surface area contributed by atoms with Crippen molar-refractivity contribution in [2.75, 3.05) is 6.61 Å². The Balaban J connectivity index is 0.00000676. The Morgan fingerprint density at radius 3 is 2.41 bits per heavy atom. The molecule has 0 amide bonds. The van der Waals surface area contributed by atoms with E-state index in [4.69, 9.17) is 13.1 Å². The Morgan fingerprint density at radius 1 is 1.11 bits per heavy atom. The molecule has 0 saturated heterocycles. The second kappa shape index (κ2) is 15.1. The van der Waals surface area contributed by atoms with E-state index in [2.05, 4.69) is 13.5 Å². The van der Waals surface area contributed by atoms with Gasteiger partial charge in [0.1, 0.15) is 11.9 Å². The molecule has 0 heterocycles. The summed E-state index contributed by atoms with van der Waals surface area (Å²) in [7, 11) is -4.11. The van der Waals surface area contributed by atoms with Gasteiger partial charge in [-0.25, -0.2) is 8.98 Å². The predicted octanol–water partition coefficient (Wildman–Crippen LogP) is 3.53. The number of hydrogen-bond donors (Lipinski definition) is 0. The molecule has 0 aliphatic heterocycles. The topological polar surface area (TPSA) is 78.9 Å². The fraction of sp³-hybridized carbons (Fsp3) is 0.526. The van der Waals surface area contributed by atoms with Gasteiger partial charge in [-0.3, -0.25) is 0 Å². The Kier molecular flexibility index (Phi) is 14.6. The average Bonchev–Trinajstić information content (AvgIpc) is 2.62. The van der Waals surface area contributed by atoms with Gasteiger partial charge >= 0.3 is 45.9 Å². The van der Waals surface area contributed by atoms with Gasteiger partial charge in [0.05, 0.1) is 6.61 Å². The molecule has 1 atom stereocenters. The number of unbranched alkanes of at least 4 members (excludes halogenated alkanes) is 3. The quantitative estimate of drug-likeness (QED) is 0.203. The standard InChI is InChI=1S/C19H28O6S.Na.H/c1-3-5-6-8-12-17(24-19(20)4-2)15-11-16-23-26(21,22)25-18-13-9-7-10-14-18;;/h4,7,9-10,13-14,17H,2-3,5-6,8,11-12,15-16H2,1H3;;.